The van der Waals surface area contributed by atoms with Crippen LogP contribution in [0.5, 0.6) is 11.5 Å². The second-order valence-electron chi connectivity index (χ2n) is 6.96. The lowest BCUT2D eigenvalue weighted by Crippen LogP contribution is -2.25. The Balaban J connectivity index is 1.41. The summed E-state index contributed by atoms with van der Waals surface area (Å²) in [5, 5.41) is 9.01. The molecule has 6 heteroatoms. The molecule has 0 fully saturated rings. The predicted molar refractivity (Wildman–Crippen MR) is 116 cm³/mol. The molecule has 1 atom stereocenters. The van der Waals surface area contributed by atoms with Gasteiger partial charge in [0.2, 0.25) is 0 Å². The van der Waals surface area contributed by atoms with Gasteiger partial charge in [-0.05, 0) is 34.9 Å². The lowest BCUT2D eigenvalue weighted by Gasteiger charge is -2.12. The number of carboxylic acids is 1. The highest BCUT2D eigenvalue weighted by molar-refractivity contribution is 5.72. The quantitative estimate of drug-likeness (QED) is 0.440. The van der Waals surface area contributed by atoms with Gasteiger partial charge in [0.15, 0.2) is 6.10 Å². The Labute approximate surface area is 181 Å². The summed E-state index contributed by atoms with van der Waals surface area (Å²) in [5.41, 5.74) is 2.55. The van der Waals surface area contributed by atoms with Gasteiger partial charge in [-0.3, -0.25) is 0 Å². The van der Waals surface area contributed by atoms with Crippen molar-refractivity contribution in [3.8, 4) is 22.6 Å². The molecule has 0 saturated carbocycles. The van der Waals surface area contributed by atoms with Crippen LogP contribution in [0.3, 0.4) is 0 Å². The molecule has 0 saturated heterocycles. The molecule has 0 bridgehead atoms. The molecule has 0 spiro atoms. The van der Waals surface area contributed by atoms with Crippen LogP contribution in [0.2, 0.25) is 0 Å². The molecule has 0 amide bonds. The molecule has 3 aromatic rings. The van der Waals surface area contributed by atoms with Crippen LogP contribution >= 0.6 is 0 Å². The molecule has 0 radical (unpaired) electrons. The maximum Gasteiger partial charge on any atom is 0.333 e. The average molecular weight is 424 g/mol. The zero-order valence-electron chi connectivity index (χ0n) is 17.3. The van der Waals surface area contributed by atoms with Crippen molar-refractivity contribution in [2.24, 2.45) is 0 Å². The highest BCUT2D eigenvalue weighted by Crippen LogP contribution is 2.22. The van der Waals surface area contributed by atoms with Crippen LogP contribution in [-0.2, 0) is 16.0 Å². The minimum atomic E-state index is -1.13. The number of hydrogen-bond donors (Lipinski definition) is 1. The van der Waals surface area contributed by atoms with Gasteiger partial charge in [0, 0.05) is 26.0 Å². The number of methoxy groups -OCH3 is 1. The third-order valence-corrected chi connectivity index (χ3v) is 4.78. The van der Waals surface area contributed by atoms with Crippen LogP contribution in [-0.4, -0.2) is 37.5 Å². The lowest BCUT2D eigenvalue weighted by atomic mass is 10.1. The van der Waals surface area contributed by atoms with E-state index in [0.717, 1.165) is 16.9 Å². The monoisotopic (exact) mass is 424 g/mol. The molecule has 0 aromatic heterocycles. The second kappa shape index (κ2) is 11.1. The Kier molecular flexibility index (Phi) is 8.01. The number of hydrogen-bond acceptors (Lipinski definition) is 4. The Bertz CT molecular complexity index is 973. The van der Waals surface area contributed by atoms with Gasteiger partial charge in [0.25, 0.3) is 0 Å². The molecule has 162 valence electrons. The predicted octanol–water partition coefficient (Wildman–Crippen LogP) is 4.98. The van der Waals surface area contributed by atoms with E-state index in [9.17, 15) is 9.18 Å². The molecule has 0 heterocycles. The summed E-state index contributed by atoms with van der Waals surface area (Å²) in [4.78, 5) is 11.0. The first-order valence-corrected chi connectivity index (χ1v) is 10.0. The van der Waals surface area contributed by atoms with E-state index in [1.165, 1.54) is 19.2 Å². The van der Waals surface area contributed by atoms with Crippen molar-refractivity contribution in [1.82, 2.24) is 0 Å². The van der Waals surface area contributed by atoms with Crippen LogP contribution in [0.4, 0.5) is 4.39 Å². The van der Waals surface area contributed by atoms with Crippen molar-refractivity contribution in [1.29, 1.82) is 0 Å². The highest BCUT2D eigenvalue weighted by atomic mass is 19.1. The van der Waals surface area contributed by atoms with Crippen LogP contribution in [0, 0.1) is 5.82 Å². The second-order valence-corrected chi connectivity index (χ2v) is 6.96. The minimum absolute atomic E-state index is 0.0468. The van der Waals surface area contributed by atoms with E-state index in [1.807, 2.05) is 42.5 Å². The number of carbonyl (C=O) groups is 1. The SMILES string of the molecule is COC(Cc1ccc(OCCCOc2ccc(-c3ccccc3)cc2)cc1F)C(=O)O. The van der Waals surface area contributed by atoms with E-state index < -0.39 is 17.9 Å². The van der Waals surface area contributed by atoms with Gasteiger partial charge >= 0.3 is 5.97 Å². The van der Waals surface area contributed by atoms with E-state index in [1.54, 1.807) is 6.07 Å². The third-order valence-electron chi connectivity index (χ3n) is 4.78. The summed E-state index contributed by atoms with van der Waals surface area (Å²) in [6.45, 7) is 0.843. The number of halogens is 1. The number of aliphatic carboxylic acids is 1. The van der Waals surface area contributed by atoms with Crippen molar-refractivity contribution >= 4 is 5.97 Å². The first-order valence-electron chi connectivity index (χ1n) is 10.0. The molecule has 31 heavy (non-hydrogen) atoms. The van der Waals surface area contributed by atoms with Crippen molar-refractivity contribution in [2.75, 3.05) is 20.3 Å². The fourth-order valence-corrected chi connectivity index (χ4v) is 3.07. The normalized spacial score (nSPS) is 11.7. The Hall–Kier alpha value is -3.38. The van der Waals surface area contributed by atoms with Gasteiger partial charge in [-0.1, -0.05) is 48.5 Å². The first kappa shape index (κ1) is 22.3. The molecular weight excluding hydrogens is 399 g/mol. The molecule has 0 aliphatic heterocycles. The first-order chi connectivity index (χ1) is 15.1. The molecule has 1 N–H and O–H groups in total. The van der Waals surface area contributed by atoms with Crippen molar-refractivity contribution < 1.29 is 28.5 Å². The van der Waals surface area contributed by atoms with Crippen LogP contribution in [0.25, 0.3) is 11.1 Å². The van der Waals surface area contributed by atoms with Crippen LogP contribution in [0.15, 0.2) is 72.8 Å². The Morgan fingerprint density at radius 2 is 1.52 bits per heavy atom. The smallest absolute Gasteiger partial charge is 0.333 e. The number of benzene rings is 3. The molecule has 0 aliphatic carbocycles. The van der Waals surface area contributed by atoms with Crippen LogP contribution < -0.4 is 9.47 Å². The zero-order valence-corrected chi connectivity index (χ0v) is 17.3. The van der Waals surface area contributed by atoms with E-state index in [0.29, 0.717) is 25.4 Å². The topological polar surface area (TPSA) is 65.0 Å². The highest BCUT2D eigenvalue weighted by Gasteiger charge is 2.19. The fourth-order valence-electron chi connectivity index (χ4n) is 3.07. The fraction of sp³-hybridized carbons (Fsp3) is 0.240. The summed E-state index contributed by atoms with van der Waals surface area (Å²) < 4.78 is 30.4. The van der Waals surface area contributed by atoms with Crippen molar-refractivity contribution in [3.63, 3.8) is 0 Å². The van der Waals surface area contributed by atoms with Gasteiger partial charge < -0.3 is 19.3 Å². The largest absolute Gasteiger partial charge is 0.493 e. The van der Waals surface area contributed by atoms with E-state index in [4.69, 9.17) is 19.3 Å². The van der Waals surface area contributed by atoms with E-state index >= 15 is 0 Å². The third kappa shape index (κ3) is 6.55. The van der Waals surface area contributed by atoms with E-state index in [2.05, 4.69) is 12.1 Å². The Morgan fingerprint density at radius 1 is 0.903 bits per heavy atom. The minimum Gasteiger partial charge on any atom is -0.493 e. The standard InChI is InChI=1S/C25H25FO5/c1-29-24(25(27)28)16-20-10-13-22(17-23(20)26)31-15-5-14-30-21-11-8-19(9-12-21)18-6-3-2-4-7-18/h2-4,6-13,17,24H,5,14-16H2,1H3,(H,27,28). The maximum absolute atomic E-state index is 14.2. The molecule has 5 nitrogen and oxygen atoms in total. The van der Waals surface area contributed by atoms with Crippen LogP contribution in [0.1, 0.15) is 12.0 Å². The summed E-state index contributed by atoms with van der Waals surface area (Å²) in [5.74, 6) is -0.480. The molecule has 0 aliphatic rings. The maximum atomic E-state index is 14.2. The van der Waals surface area contributed by atoms with Gasteiger partial charge in [-0.2, -0.15) is 0 Å². The summed E-state index contributed by atoms with van der Waals surface area (Å²) in [6.07, 6.45) is -0.496. The average Bonchev–Trinajstić information content (AvgIpc) is 2.79. The Morgan fingerprint density at radius 3 is 2.13 bits per heavy atom. The van der Waals surface area contributed by atoms with E-state index in [-0.39, 0.29) is 12.0 Å². The molecular formula is C25H25FO5. The number of carboxylic acid groups (broad SMARTS) is 1. The van der Waals surface area contributed by atoms with Crippen molar-refractivity contribution in [3.05, 3.63) is 84.2 Å². The van der Waals surface area contributed by atoms with Gasteiger partial charge in [0.05, 0.1) is 13.2 Å². The zero-order chi connectivity index (χ0) is 22.1. The summed E-state index contributed by atoms with van der Waals surface area (Å²) >= 11 is 0. The number of ether oxygens (including phenoxy) is 3. The lowest BCUT2D eigenvalue weighted by molar-refractivity contribution is -0.148. The van der Waals surface area contributed by atoms with Crippen molar-refractivity contribution in [2.45, 2.75) is 18.9 Å². The molecule has 3 rings (SSSR count). The van der Waals surface area contributed by atoms with Gasteiger partial charge in [0.1, 0.15) is 17.3 Å². The summed E-state index contributed by atoms with van der Waals surface area (Å²) in [7, 11) is 1.29. The molecule has 3 aromatic carbocycles. The summed E-state index contributed by atoms with van der Waals surface area (Å²) in [6, 6.07) is 22.4. The molecule has 1 unspecified atom stereocenters. The van der Waals surface area contributed by atoms with Gasteiger partial charge in [-0.25, -0.2) is 9.18 Å². The van der Waals surface area contributed by atoms with Gasteiger partial charge in [-0.15, -0.1) is 0 Å². The number of rotatable bonds is 11.